The molecule has 0 unspecified atom stereocenters. The van der Waals surface area contributed by atoms with E-state index in [1.54, 1.807) is 22.7 Å². The minimum atomic E-state index is 0.692. The second kappa shape index (κ2) is 6.92. The fraction of sp³-hybridized carbons (Fsp3) is 0.375. The lowest BCUT2D eigenvalue weighted by atomic mass is 10.2. The third-order valence-electron chi connectivity index (χ3n) is 4.06. The first-order valence-electron chi connectivity index (χ1n) is 7.68. The normalized spacial score (nSPS) is 16.9. The molecule has 1 aliphatic heterocycles. The number of rotatable bonds is 5. The van der Waals surface area contributed by atoms with Crippen LogP contribution in [0, 0.1) is 0 Å². The highest BCUT2D eigenvalue weighted by Gasteiger charge is 2.19. The van der Waals surface area contributed by atoms with Gasteiger partial charge in [0.15, 0.2) is 0 Å². The lowest BCUT2D eigenvalue weighted by Gasteiger charge is -2.33. The largest absolute Gasteiger partial charge is 0.338 e. The maximum atomic E-state index is 5.39. The molecule has 3 aromatic heterocycles. The van der Waals surface area contributed by atoms with Crippen molar-refractivity contribution in [2.24, 2.45) is 0 Å². The molecule has 120 valence electrons. The fourth-order valence-corrected chi connectivity index (χ4v) is 4.06. The lowest BCUT2D eigenvalue weighted by molar-refractivity contribution is 0.112. The van der Waals surface area contributed by atoms with Crippen molar-refractivity contribution in [2.45, 2.75) is 13.1 Å². The molecule has 0 radical (unpaired) electrons. The van der Waals surface area contributed by atoms with Gasteiger partial charge in [0.05, 0.1) is 6.54 Å². The molecular formula is C16H18N4OS2. The number of piperazine rings is 1. The van der Waals surface area contributed by atoms with Crippen molar-refractivity contribution in [2.75, 3.05) is 26.2 Å². The van der Waals surface area contributed by atoms with Gasteiger partial charge in [0.25, 0.3) is 0 Å². The highest BCUT2D eigenvalue weighted by atomic mass is 32.1. The zero-order valence-electron chi connectivity index (χ0n) is 12.7. The molecule has 4 heterocycles. The van der Waals surface area contributed by atoms with Crippen LogP contribution < -0.4 is 0 Å². The number of hydrogen-bond acceptors (Lipinski definition) is 7. The Balaban J connectivity index is 1.29. The van der Waals surface area contributed by atoms with Crippen molar-refractivity contribution in [3.63, 3.8) is 0 Å². The molecule has 4 rings (SSSR count). The van der Waals surface area contributed by atoms with Gasteiger partial charge in [-0.3, -0.25) is 9.80 Å². The fourth-order valence-electron chi connectivity index (χ4n) is 2.77. The predicted octanol–water partition coefficient (Wildman–Crippen LogP) is 3.18. The van der Waals surface area contributed by atoms with Gasteiger partial charge in [-0.2, -0.15) is 27.7 Å². The Bertz CT molecular complexity index is 715. The van der Waals surface area contributed by atoms with E-state index in [0.29, 0.717) is 11.7 Å². The summed E-state index contributed by atoms with van der Waals surface area (Å²) in [6.07, 6.45) is 0. The van der Waals surface area contributed by atoms with Crippen LogP contribution >= 0.6 is 22.7 Å². The summed E-state index contributed by atoms with van der Waals surface area (Å²) in [7, 11) is 0. The van der Waals surface area contributed by atoms with Gasteiger partial charge in [-0.1, -0.05) is 5.16 Å². The Morgan fingerprint density at radius 1 is 0.957 bits per heavy atom. The zero-order chi connectivity index (χ0) is 15.5. The third kappa shape index (κ3) is 3.69. The molecule has 0 saturated carbocycles. The number of aromatic nitrogens is 2. The first-order chi connectivity index (χ1) is 11.4. The topological polar surface area (TPSA) is 45.4 Å². The molecule has 0 spiro atoms. The van der Waals surface area contributed by atoms with Gasteiger partial charge in [0.2, 0.25) is 11.7 Å². The van der Waals surface area contributed by atoms with E-state index in [9.17, 15) is 0 Å². The molecule has 1 aliphatic rings. The Morgan fingerprint density at radius 3 is 2.39 bits per heavy atom. The van der Waals surface area contributed by atoms with Crippen molar-refractivity contribution in [3.8, 4) is 11.4 Å². The molecule has 0 atom stereocenters. The second-order valence-corrected chi connectivity index (χ2v) is 7.27. The quantitative estimate of drug-likeness (QED) is 0.710. The van der Waals surface area contributed by atoms with Crippen molar-refractivity contribution < 1.29 is 4.52 Å². The molecule has 23 heavy (non-hydrogen) atoms. The summed E-state index contributed by atoms with van der Waals surface area (Å²) < 4.78 is 5.39. The van der Waals surface area contributed by atoms with Crippen LogP contribution in [-0.4, -0.2) is 46.1 Å². The van der Waals surface area contributed by atoms with Crippen LogP contribution in [0.15, 0.2) is 38.2 Å². The van der Waals surface area contributed by atoms with Crippen LogP contribution in [0.2, 0.25) is 0 Å². The summed E-state index contributed by atoms with van der Waals surface area (Å²) in [6, 6.07) is 4.23. The van der Waals surface area contributed by atoms with Crippen molar-refractivity contribution in [1.29, 1.82) is 0 Å². The van der Waals surface area contributed by atoms with Gasteiger partial charge in [-0.15, -0.1) is 0 Å². The van der Waals surface area contributed by atoms with E-state index in [-0.39, 0.29) is 0 Å². The monoisotopic (exact) mass is 346 g/mol. The number of nitrogens with zero attached hydrogens (tertiary/aromatic N) is 4. The van der Waals surface area contributed by atoms with Crippen LogP contribution in [0.3, 0.4) is 0 Å². The molecular weight excluding hydrogens is 328 g/mol. The zero-order valence-corrected chi connectivity index (χ0v) is 14.4. The first kappa shape index (κ1) is 15.0. The second-order valence-electron chi connectivity index (χ2n) is 5.71. The molecule has 0 bridgehead atoms. The van der Waals surface area contributed by atoms with Crippen molar-refractivity contribution >= 4 is 22.7 Å². The highest BCUT2D eigenvalue weighted by Crippen LogP contribution is 2.19. The van der Waals surface area contributed by atoms with E-state index in [2.05, 4.69) is 36.8 Å². The van der Waals surface area contributed by atoms with Crippen LogP contribution in [0.25, 0.3) is 11.4 Å². The maximum absolute atomic E-state index is 5.39. The summed E-state index contributed by atoms with van der Waals surface area (Å²) in [5.74, 6) is 1.40. The average Bonchev–Trinajstić information content (AvgIpc) is 3.31. The SMILES string of the molecule is c1cc(CN2CCN(Cc3nc(-c4ccsc4)no3)CC2)cs1. The molecule has 1 saturated heterocycles. The molecule has 0 N–H and O–H groups in total. The van der Waals surface area contributed by atoms with Crippen LogP contribution in [-0.2, 0) is 13.1 Å². The molecule has 0 aromatic carbocycles. The van der Waals surface area contributed by atoms with Gasteiger partial charge in [0, 0.05) is 43.7 Å². The van der Waals surface area contributed by atoms with Crippen LogP contribution in [0.4, 0.5) is 0 Å². The standard InChI is InChI=1S/C16H18N4OS2/c1-7-22-11-13(1)9-19-3-5-20(6-4-19)10-15-17-16(18-21-15)14-2-8-23-12-14/h1-2,7-8,11-12H,3-6,9-10H2. The number of hydrogen-bond donors (Lipinski definition) is 0. The van der Waals surface area contributed by atoms with Gasteiger partial charge in [-0.25, -0.2) is 0 Å². The summed E-state index contributed by atoms with van der Waals surface area (Å²) in [5, 5.41) is 12.5. The van der Waals surface area contributed by atoms with Gasteiger partial charge in [-0.05, 0) is 33.8 Å². The van der Waals surface area contributed by atoms with E-state index in [1.165, 1.54) is 5.56 Å². The molecule has 3 aromatic rings. The molecule has 0 amide bonds. The van der Waals surface area contributed by atoms with Gasteiger partial charge >= 0.3 is 0 Å². The van der Waals surface area contributed by atoms with E-state index in [4.69, 9.17) is 4.52 Å². The third-order valence-corrected chi connectivity index (χ3v) is 5.47. The minimum Gasteiger partial charge on any atom is -0.338 e. The summed E-state index contributed by atoms with van der Waals surface area (Å²) in [4.78, 5) is 9.39. The Hall–Kier alpha value is -1.54. The molecule has 7 heteroatoms. The Kier molecular flexibility index (Phi) is 4.52. The van der Waals surface area contributed by atoms with Crippen molar-refractivity contribution in [3.05, 3.63) is 45.1 Å². The van der Waals surface area contributed by atoms with E-state index in [0.717, 1.165) is 44.8 Å². The molecule has 0 aliphatic carbocycles. The summed E-state index contributed by atoms with van der Waals surface area (Å²) >= 11 is 3.41. The Morgan fingerprint density at radius 2 is 1.70 bits per heavy atom. The average molecular weight is 346 g/mol. The Labute approximate surface area is 143 Å². The summed E-state index contributed by atoms with van der Waals surface area (Å²) in [6.45, 7) is 6.05. The van der Waals surface area contributed by atoms with Crippen LogP contribution in [0.1, 0.15) is 11.5 Å². The minimum absolute atomic E-state index is 0.692. The van der Waals surface area contributed by atoms with Gasteiger partial charge in [0.1, 0.15) is 0 Å². The van der Waals surface area contributed by atoms with E-state index < -0.39 is 0 Å². The van der Waals surface area contributed by atoms with Gasteiger partial charge < -0.3 is 4.52 Å². The lowest BCUT2D eigenvalue weighted by Crippen LogP contribution is -2.45. The highest BCUT2D eigenvalue weighted by molar-refractivity contribution is 7.08. The summed E-state index contributed by atoms with van der Waals surface area (Å²) in [5.41, 5.74) is 2.45. The van der Waals surface area contributed by atoms with E-state index in [1.807, 2.05) is 16.8 Å². The molecule has 1 fully saturated rings. The van der Waals surface area contributed by atoms with E-state index >= 15 is 0 Å². The smallest absolute Gasteiger partial charge is 0.241 e. The van der Waals surface area contributed by atoms with Crippen LogP contribution in [0.5, 0.6) is 0 Å². The first-order valence-corrected chi connectivity index (χ1v) is 9.56. The number of thiophene rings is 2. The maximum Gasteiger partial charge on any atom is 0.241 e. The van der Waals surface area contributed by atoms with Crippen molar-refractivity contribution in [1.82, 2.24) is 19.9 Å². The molecule has 5 nitrogen and oxygen atoms in total. The predicted molar refractivity (Wildman–Crippen MR) is 92.5 cm³/mol.